The predicted molar refractivity (Wildman–Crippen MR) is 27.6 cm³/mol. The Hall–Kier alpha value is -0.570. The second-order valence-corrected chi connectivity index (χ2v) is 1.87. The Morgan fingerprint density at radius 2 is 2.38 bits per heavy atom. The van der Waals surface area contributed by atoms with Gasteiger partial charge in [0.1, 0.15) is 0 Å². The summed E-state index contributed by atoms with van der Waals surface area (Å²) in [6, 6.07) is 0. The molecule has 0 spiro atoms. The van der Waals surface area contributed by atoms with E-state index < -0.39 is 0 Å². The molecule has 1 fully saturated rings. The number of rotatable bonds is 3. The van der Waals surface area contributed by atoms with Crippen molar-refractivity contribution in [2.24, 2.45) is 0 Å². The van der Waals surface area contributed by atoms with Gasteiger partial charge in [-0.25, -0.2) is 5.48 Å². The normalized spacial score (nSPS) is 19.5. The number of hydrogen-bond donors (Lipinski definition) is 1. The highest BCUT2D eigenvalue weighted by atomic mass is 16.7. The van der Waals surface area contributed by atoms with Crippen molar-refractivity contribution in [2.45, 2.75) is 25.4 Å². The third-order valence-corrected chi connectivity index (χ3v) is 1.32. The molecule has 0 atom stereocenters. The van der Waals surface area contributed by atoms with Gasteiger partial charge in [0, 0.05) is 0 Å². The van der Waals surface area contributed by atoms with Crippen molar-refractivity contribution in [3.05, 3.63) is 0 Å². The average Bonchev–Trinajstić information content (AvgIpc) is 1.63. The van der Waals surface area contributed by atoms with Crippen LogP contribution < -0.4 is 5.48 Å². The first-order valence-electron chi connectivity index (χ1n) is 2.71. The van der Waals surface area contributed by atoms with Crippen molar-refractivity contribution in [1.82, 2.24) is 5.48 Å². The molecule has 0 aromatic rings. The van der Waals surface area contributed by atoms with Gasteiger partial charge in [-0.3, -0.25) is 9.63 Å². The van der Waals surface area contributed by atoms with Crippen molar-refractivity contribution in [3.8, 4) is 0 Å². The van der Waals surface area contributed by atoms with Crippen LogP contribution in [0.1, 0.15) is 19.3 Å². The Morgan fingerprint density at radius 3 is 2.75 bits per heavy atom. The van der Waals surface area contributed by atoms with Crippen LogP contribution in [0.5, 0.6) is 0 Å². The van der Waals surface area contributed by atoms with Gasteiger partial charge >= 0.3 is 6.41 Å². The van der Waals surface area contributed by atoms with Gasteiger partial charge in [0.15, 0.2) is 0 Å². The Bertz CT molecular complexity index is 80.5. The maximum atomic E-state index is 9.49. The van der Waals surface area contributed by atoms with Crippen LogP contribution in [0.4, 0.5) is 0 Å². The lowest BCUT2D eigenvalue weighted by Crippen LogP contribution is -2.28. The number of hydrogen-bond acceptors (Lipinski definition) is 2. The molecule has 1 saturated carbocycles. The number of hydroxylamine groups is 1. The van der Waals surface area contributed by atoms with E-state index >= 15 is 0 Å². The molecule has 1 rings (SSSR count). The van der Waals surface area contributed by atoms with Crippen LogP contribution in [0.15, 0.2) is 0 Å². The predicted octanol–water partition coefficient (Wildman–Crippen LogP) is 0.127. The van der Waals surface area contributed by atoms with Crippen molar-refractivity contribution < 1.29 is 9.63 Å². The zero-order valence-electron chi connectivity index (χ0n) is 4.52. The fourth-order valence-corrected chi connectivity index (χ4v) is 0.596. The molecule has 0 heterocycles. The molecule has 0 unspecified atom stereocenters. The SMILES string of the molecule is O=[C]NOC1CCC1. The fraction of sp³-hybridized carbons (Fsp3) is 0.800. The third kappa shape index (κ3) is 1.20. The van der Waals surface area contributed by atoms with Crippen molar-refractivity contribution in [3.63, 3.8) is 0 Å². The maximum absolute atomic E-state index is 9.49. The summed E-state index contributed by atoms with van der Waals surface area (Å²) < 4.78 is 0. The zero-order valence-corrected chi connectivity index (χ0v) is 4.52. The van der Waals surface area contributed by atoms with Crippen molar-refractivity contribution in [2.75, 3.05) is 0 Å². The quantitative estimate of drug-likeness (QED) is 0.418. The second-order valence-electron chi connectivity index (χ2n) is 1.87. The van der Waals surface area contributed by atoms with Crippen LogP contribution in [0, 0.1) is 0 Å². The van der Waals surface area contributed by atoms with Gasteiger partial charge in [0.2, 0.25) is 0 Å². The van der Waals surface area contributed by atoms with E-state index in [2.05, 4.69) is 0 Å². The van der Waals surface area contributed by atoms with Crippen LogP contribution in [-0.4, -0.2) is 12.5 Å². The summed E-state index contributed by atoms with van der Waals surface area (Å²) in [7, 11) is 0. The molecular weight excluding hydrogens is 106 g/mol. The van der Waals surface area contributed by atoms with E-state index in [0.717, 1.165) is 12.8 Å². The molecule has 1 N–H and O–H groups in total. The van der Waals surface area contributed by atoms with Crippen LogP contribution in [-0.2, 0) is 9.63 Å². The van der Waals surface area contributed by atoms with Crippen LogP contribution in [0.25, 0.3) is 0 Å². The van der Waals surface area contributed by atoms with E-state index in [4.69, 9.17) is 4.84 Å². The van der Waals surface area contributed by atoms with Crippen molar-refractivity contribution in [1.29, 1.82) is 0 Å². The lowest BCUT2D eigenvalue weighted by molar-refractivity contribution is -0.0349. The van der Waals surface area contributed by atoms with E-state index in [1.54, 1.807) is 0 Å². The largest absolute Gasteiger partial charge is 0.335 e. The van der Waals surface area contributed by atoms with Crippen LogP contribution in [0.3, 0.4) is 0 Å². The molecule has 1 amide bonds. The minimum absolute atomic E-state index is 0.261. The molecule has 1 aliphatic carbocycles. The first kappa shape index (κ1) is 5.56. The summed E-state index contributed by atoms with van der Waals surface area (Å²) in [6.45, 7) is 0. The molecule has 0 bridgehead atoms. The monoisotopic (exact) mass is 114 g/mol. The minimum Gasteiger partial charge on any atom is -0.270 e. The molecular formula is C5H8NO2. The van der Waals surface area contributed by atoms with Crippen LogP contribution in [0.2, 0.25) is 0 Å². The van der Waals surface area contributed by atoms with Gasteiger partial charge in [0.25, 0.3) is 0 Å². The van der Waals surface area contributed by atoms with E-state index in [1.165, 1.54) is 12.8 Å². The van der Waals surface area contributed by atoms with Gasteiger partial charge < -0.3 is 0 Å². The summed E-state index contributed by atoms with van der Waals surface area (Å²) in [5.74, 6) is 0. The minimum atomic E-state index is 0.261. The third-order valence-electron chi connectivity index (χ3n) is 1.32. The smallest absolute Gasteiger partial charge is 0.270 e. The Morgan fingerprint density at radius 1 is 1.62 bits per heavy atom. The molecule has 45 valence electrons. The van der Waals surface area contributed by atoms with Gasteiger partial charge in [-0.05, 0) is 19.3 Å². The van der Waals surface area contributed by atoms with Gasteiger partial charge in [-0.15, -0.1) is 0 Å². The maximum Gasteiger partial charge on any atom is 0.335 e. The lowest BCUT2D eigenvalue weighted by atomic mass is 9.97. The van der Waals surface area contributed by atoms with E-state index in [9.17, 15) is 4.79 Å². The highest BCUT2D eigenvalue weighted by Gasteiger charge is 2.17. The van der Waals surface area contributed by atoms with Gasteiger partial charge in [0.05, 0.1) is 6.10 Å². The van der Waals surface area contributed by atoms with E-state index in [0.29, 0.717) is 0 Å². The second kappa shape index (κ2) is 2.67. The molecule has 1 radical (unpaired) electrons. The summed E-state index contributed by atoms with van der Waals surface area (Å²) in [5.41, 5.74) is 2.04. The highest BCUT2D eigenvalue weighted by Crippen LogP contribution is 2.20. The first-order chi connectivity index (χ1) is 3.93. The molecule has 8 heavy (non-hydrogen) atoms. The topological polar surface area (TPSA) is 38.3 Å². The summed E-state index contributed by atoms with van der Waals surface area (Å²) >= 11 is 0. The number of amides is 1. The van der Waals surface area contributed by atoms with E-state index in [-0.39, 0.29) is 6.10 Å². The highest BCUT2D eigenvalue weighted by molar-refractivity contribution is 5.44. The molecule has 0 saturated heterocycles. The fourth-order valence-electron chi connectivity index (χ4n) is 0.596. The van der Waals surface area contributed by atoms with Crippen molar-refractivity contribution >= 4 is 6.41 Å². The van der Waals surface area contributed by atoms with Gasteiger partial charge in [-0.1, -0.05) is 0 Å². The molecule has 0 aliphatic heterocycles. The summed E-state index contributed by atoms with van der Waals surface area (Å²) in [4.78, 5) is 14.2. The Kier molecular flexibility index (Phi) is 1.86. The molecule has 3 heteroatoms. The first-order valence-corrected chi connectivity index (χ1v) is 2.71. The Labute approximate surface area is 48.0 Å². The zero-order chi connectivity index (χ0) is 5.82. The average molecular weight is 114 g/mol. The molecule has 1 aliphatic rings. The Balaban J connectivity index is 1.93. The number of carbonyl (C=O) groups excluding carboxylic acids is 1. The van der Waals surface area contributed by atoms with E-state index in [1.807, 2.05) is 5.48 Å². The summed E-state index contributed by atoms with van der Waals surface area (Å²) in [6.07, 6.45) is 5.05. The van der Waals surface area contributed by atoms with Crippen LogP contribution >= 0.6 is 0 Å². The molecule has 3 nitrogen and oxygen atoms in total. The number of nitrogens with one attached hydrogen (secondary N) is 1. The molecule has 0 aromatic carbocycles. The molecule has 0 aromatic heterocycles. The van der Waals surface area contributed by atoms with Gasteiger partial charge in [-0.2, -0.15) is 0 Å². The lowest BCUT2D eigenvalue weighted by Gasteiger charge is -2.23. The summed E-state index contributed by atoms with van der Waals surface area (Å²) in [5, 5.41) is 0. The standard InChI is InChI=1S/C5H8NO2/c7-4-6-8-5-2-1-3-5/h5H,1-3H2,(H,6,7).